The van der Waals surface area contributed by atoms with Gasteiger partial charge in [0.05, 0.1) is 18.1 Å². The van der Waals surface area contributed by atoms with Crippen LogP contribution in [0, 0.1) is 12.7 Å². The Kier molecular flexibility index (Phi) is 7.04. The fourth-order valence-corrected chi connectivity index (χ4v) is 3.82. The smallest absolute Gasteiger partial charge is 0.248 e. The number of benzene rings is 3. The van der Waals surface area contributed by atoms with E-state index in [2.05, 4.69) is 10.2 Å². The van der Waals surface area contributed by atoms with Gasteiger partial charge < -0.3 is 25.1 Å². The number of aryl methyl sites for hydroxylation is 1. The molecule has 1 unspecified atom stereocenters. The second kappa shape index (κ2) is 9.99. The standard InChI is InChI=1S/C24H20Cl2FN3O4/c1-12-6-13(20(32)11-31)2-4-18(12)24-30-29-21(34-24)7-14-3-5-19(26)23(22(14)27)33-17-9-15(25)8-16(28)10-17/h2-6,8-10,20,31-32H,7,11,28H2,1H3. The van der Waals surface area contributed by atoms with Gasteiger partial charge in [-0.1, -0.05) is 41.4 Å². The van der Waals surface area contributed by atoms with Gasteiger partial charge in [-0.3, -0.25) is 0 Å². The van der Waals surface area contributed by atoms with E-state index in [9.17, 15) is 5.11 Å². The number of halogens is 3. The Morgan fingerprint density at radius 1 is 1.12 bits per heavy atom. The monoisotopic (exact) mass is 503 g/mol. The molecule has 10 heteroatoms. The van der Waals surface area contributed by atoms with E-state index in [4.69, 9.17) is 43.2 Å². The molecule has 1 aromatic heterocycles. The lowest BCUT2D eigenvalue weighted by Gasteiger charge is -2.12. The number of aromatic nitrogens is 2. The third-order valence-electron chi connectivity index (χ3n) is 5.09. The summed E-state index contributed by atoms with van der Waals surface area (Å²) in [4.78, 5) is 0. The van der Waals surface area contributed by atoms with Crippen LogP contribution in [-0.2, 0) is 6.42 Å². The third-order valence-corrected chi connectivity index (χ3v) is 5.61. The number of aliphatic hydroxyl groups is 2. The molecule has 1 heterocycles. The summed E-state index contributed by atoms with van der Waals surface area (Å²) in [6, 6.07) is 12.7. The van der Waals surface area contributed by atoms with Crippen molar-refractivity contribution in [3.63, 3.8) is 0 Å². The van der Waals surface area contributed by atoms with Crippen molar-refractivity contribution in [1.82, 2.24) is 10.2 Å². The van der Waals surface area contributed by atoms with Crippen molar-refractivity contribution < 1.29 is 23.8 Å². The molecule has 4 N–H and O–H groups in total. The zero-order chi connectivity index (χ0) is 24.4. The number of anilines is 1. The largest absolute Gasteiger partial charge is 0.453 e. The second-order valence-corrected chi connectivity index (χ2v) is 8.47. The molecule has 0 spiro atoms. The van der Waals surface area contributed by atoms with Crippen molar-refractivity contribution in [3.05, 3.63) is 87.0 Å². The van der Waals surface area contributed by atoms with E-state index in [1.165, 1.54) is 24.3 Å². The van der Waals surface area contributed by atoms with Crippen LogP contribution in [0.5, 0.6) is 11.5 Å². The maximum atomic E-state index is 15.2. The van der Waals surface area contributed by atoms with E-state index in [-0.39, 0.29) is 46.9 Å². The lowest BCUT2D eigenvalue weighted by molar-refractivity contribution is 0.0956. The number of nitrogens with zero attached hydrogens (tertiary/aromatic N) is 2. The van der Waals surface area contributed by atoms with Crippen LogP contribution in [0.2, 0.25) is 10.0 Å². The molecule has 0 aliphatic rings. The van der Waals surface area contributed by atoms with Gasteiger partial charge in [-0.2, -0.15) is 0 Å². The highest BCUT2D eigenvalue weighted by molar-refractivity contribution is 6.32. The quantitative estimate of drug-likeness (QED) is 0.286. The minimum absolute atomic E-state index is 0.00437. The highest BCUT2D eigenvalue weighted by Crippen LogP contribution is 2.36. The maximum absolute atomic E-state index is 15.2. The molecule has 3 aromatic carbocycles. The van der Waals surface area contributed by atoms with Crippen LogP contribution in [0.4, 0.5) is 10.1 Å². The van der Waals surface area contributed by atoms with Crippen molar-refractivity contribution in [2.45, 2.75) is 19.4 Å². The van der Waals surface area contributed by atoms with E-state index in [0.29, 0.717) is 21.8 Å². The van der Waals surface area contributed by atoms with Crippen LogP contribution < -0.4 is 10.5 Å². The van der Waals surface area contributed by atoms with E-state index in [1.807, 2.05) is 6.92 Å². The molecule has 34 heavy (non-hydrogen) atoms. The summed E-state index contributed by atoms with van der Waals surface area (Å²) in [5, 5.41) is 27.4. The molecule has 4 rings (SSSR count). The Labute approximate surface area is 204 Å². The van der Waals surface area contributed by atoms with Gasteiger partial charge in [-0.25, -0.2) is 4.39 Å². The minimum Gasteiger partial charge on any atom is -0.453 e. The Morgan fingerprint density at radius 3 is 2.62 bits per heavy atom. The minimum atomic E-state index is -0.973. The predicted octanol–water partition coefficient (Wildman–Crippen LogP) is 5.48. The van der Waals surface area contributed by atoms with E-state index >= 15 is 4.39 Å². The number of hydrogen-bond acceptors (Lipinski definition) is 7. The highest BCUT2D eigenvalue weighted by Gasteiger charge is 2.19. The molecule has 0 saturated carbocycles. The Balaban J connectivity index is 1.58. The molecule has 0 radical (unpaired) electrons. The fraction of sp³-hybridized carbons (Fsp3) is 0.167. The van der Waals surface area contributed by atoms with Crippen LogP contribution >= 0.6 is 23.2 Å². The van der Waals surface area contributed by atoms with Gasteiger partial charge >= 0.3 is 0 Å². The second-order valence-electron chi connectivity index (χ2n) is 7.62. The summed E-state index contributed by atoms with van der Waals surface area (Å²) in [7, 11) is 0. The van der Waals surface area contributed by atoms with Gasteiger partial charge in [0.2, 0.25) is 11.8 Å². The number of hydrogen-bond donors (Lipinski definition) is 3. The number of nitrogens with two attached hydrogens (primary N) is 1. The van der Waals surface area contributed by atoms with Crippen LogP contribution in [-0.4, -0.2) is 27.0 Å². The van der Waals surface area contributed by atoms with Crippen molar-refractivity contribution in [2.75, 3.05) is 12.3 Å². The fourth-order valence-electron chi connectivity index (χ4n) is 3.40. The van der Waals surface area contributed by atoms with Crippen LogP contribution in [0.25, 0.3) is 11.5 Å². The molecule has 176 valence electrons. The van der Waals surface area contributed by atoms with E-state index in [1.54, 1.807) is 24.3 Å². The number of ether oxygens (including phenoxy) is 1. The summed E-state index contributed by atoms with van der Waals surface area (Å²) < 4.78 is 26.6. The molecule has 7 nitrogen and oxygen atoms in total. The number of aliphatic hydroxyl groups excluding tert-OH is 2. The normalized spacial score (nSPS) is 12.1. The van der Waals surface area contributed by atoms with Gasteiger partial charge in [0.15, 0.2) is 11.6 Å². The maximum Gasteiger partial charge on any atom is 0.248 e. The average Bonchev–Trinajstić information content (AvgIpc) is 3.25. The van der Waals surface area contributed by atoms with Gasteiger partial charge in [-0.15, -0.1) is 10.2 Å². The zero-order valence-electron chi connectivity index (χ0n) is 17.9. The summed E-state index contributed by atoms with van der Waals surface area (Å²) in [6.07, 6.45) is -0.969. The van der Waals surface area contributed by atoms with Crippen molar-refractivity contribution in [3.8, 4) is 23.0 Å². The molecular weight excluding hydrogens is 484 g/mol. The van der Waals surface area contributed by atoms with Crippen LogP contribution in [0.1, 0.15) is 28.7 Å². The molecule has 0 fully saturated rings. The first-order valence-corrected chi connectivity index (χ1v) is 10.9. The van der Waals surface area contributed by atoms with Crippen molar-refractivity contribution in [1.29, 1.82) is 0 Å². The first-order valence-electron chi connectivity index (χ1n) is 10.2. The topological polar surface area (TPSA) is 115 Å². The van der Waals surface area contributed by atoms with Crippen molar-refractivity contribution >= 4 is 28.9 Å². The lowest BCUT2D eigenvalue weighted by Crippen LogP contribution is -2.02. The van der Waals surface area contributed by atoms with Crippen molar-refractivity contribution in [2.24, 2.45) is 0 Å². The highest BCUT2D eigenvalue weighted by atomic mass is 35.5. The van der Waals surface area contributed by atoms with Gasteiger partial charge in [0, 0.05) is 27.9 Å². The molecule has 4 aromatic rings. The Morgan fingerprint density at radius 2 is 1.91 bits per heavy atom. The SMILES string of the molecule is Cc1cc(C(O)CO)ccc1-c1nnc(Cc2ccc(Cl)c(Oc3cc(N)cc(Cl)c3)c2F)o1. The summed E-state index contributed by atoms with van der Waals surface area (Å²) in [5.41, 5.74) is 8.37. The molecule has 0 aliphatic heterocycles. The zero-order valence-corrected chi connectivity index (χ0v) is 19.4. The molecule has 0 saturated heterocycles. The van der Waals surface area contributed by atoms with E-state index < -0.39 is 11.9 Å². The lowest BCUT2D eigenvalue weighted by atomic mass is 10.0. The summed E-state index contributed by atoms with van der Waals surface area (Å²) in [5.74, 6) is -0.169. The number of rotatable bonds is 7. The van der Waals surface area contributed by atoms with Crippen LogP contribution in [0.15, 0.2) is 52.9 Å². The molecule has 0 amide bonds. The average molecular weight is 504 g/mol. The first kappa shape index (κ1) is 24.0. The predicted molar refractivity (Wildman–Crippen MR) is 127 cm³/mol. The molecule has 1 atom stereocenters. The van der Waals surface area contributed by atoms with Gasteiger partial charge in [0.25, 0.3) is 0 Å². The molecular formula is C24H20Cl2FN3O4. The third kappa shape index (κ3) is 5.15. The van der Waals surface area contributed by atoms with Gasteiger partial charge in [0.1, 0.15) is 11.9 Å². The van der Waals surface area contributed by atoms with Gasteiger partial charge in [-0.05, 0) is 42.3 Å². The Bertz CT molecular complexity index is 1330. The Hall–Kier alpha value is -3.17. The summed E-state index contributed by atoms with van der Waals surface area (Å²) >= 11 is 12.2. The molecule has 0 aliphatic carbocycles. The first-order chi connectivity index (χ1) is 16.2. The van der Waals surface area contributed by atoms with E-state index in [0.717, 1.165) is 5.56 Å². The molecule has 0 bridgehead atoms. The number of nitrogen functional groups attached to an aromatic ring is 1. The summed E-state index contributed by atoms with van der Waals surface area (Å²) in [6.45, 7) is 1.43. The van der Waals surface area contributed by atoms with Crippen LogP contribution in [0.3, 0.4) is 0 Å².